The zero-order valence-corrected chi connectivity index (χ0v) is 21.7. The SMILES string of the molecule is Cc1ccc(-n2ncc(-c3nc(-c4ccc([C@@H](O)CN5CCC[C@H](CC(=O)O)C5)cc4)no3)c2C(F)(F)F)cc1. The van der Waals surface area contributed by atoms with Gasteiger partial charge < -0.3 is 19.6 Å². The molecule has 4 aromatic rings. The first-order valence-corrected chi connectivity index (χ1v) is 12.9. The van der Waals surface area contributed by atoms with Gasteiger partial charge in [-0.2, -0.15) is 23.3 Å². The molecule has 0 unspecified atom stereocenters. The lowest BCUT2D eigenvalue weighted by molar-refractivity contribution is -0.142. The molecule has 0 spiro atoms. The van der Waals surface area contributed by atoms with Gasteiger partial charge in [-0.1, -0.05) is 47.1 Å². The number of rotatable bonds is 8. The minimum Gasteiger partial charge on any atom is -0.481 e. The van der Waals surface area contributed by atoms with E-state index < -0.39 is 23.9 Å². The van der Waals surface area contributed by atoms with Crippen molar-refractivity contribution in [3.63, 3.8) is 0 Å². The zero-order chi connectivity index (χ0) is 28.4. The van der Waals surface area contributed by atoms with E-state index in [9.17, 15) is 23.1 Å². The van der Waals surface area contributed by atoms with E-state index in [0.29, 0.717) is 24.2 Å². The molecule has 12 heteroatoms. The number of hydrogen-bond acceptors (Lipinski definition) is 7. The Morgan fingerprint density at radius 1 is 1.15 bits per heavy atom. The molecule has 1 aliphatic rings. The molecule has 0 amide bonds. The van der Waals surface area contributed by atoms with Crippen LogP contribution in [0, 0.1) is 12.8 Å². The van der Waals surface area contributed by atoms with Gasteiger partial charge in [-0.25, -0.2) is 4.68 Å². The fraction of sp³-hybridized carbons (Fsp3) is 0.357. The maximum Gasteiger partial charge on any atom is 0.434 e. The maximum atomic E-state index is 14.1. The van der Waals surface area contributed by atoms with Crippen LogP contribution in [0.15, 0.2) is 59.3 Å². The Morgan fingerprint density at radius 2 is 1.88 bits per heavy atom. The third-order valence-electron chi connectivity index (χ3n) is 7.02. The molecule has 0 bridgehead atoms. The molecule has 0 aliphatic carbocycles. The van der Waals surface area contributed by atoms with Crippen LogP contribution in [0.25, 0.3) is 28.5 Å². The standard InChI is InChI=1S/C28H28F3N5O4/c1-17-4-10-21(11-5-17)36-25(28(29,30)31)22(14-32-36)27-33-26(34-40-27)20-8-6-19(7-9-20)23(37)16-35-12-2-3-18(15-35)13-24(38)39/h4-11,14,18,23,37H,2-3,12-13,15-16H2,1H3,(H,38,39)/t18-,23+/m1/s1. The molecule has 1 saturated heterocycles. The summed E-state index contributed by atoms with van der Waals surface area (Å²) in [6, 6.07) is 13.2. The number of aliphatic carboxylic acids is 1. The van der Waals surface area contributed by atoms with Gasteiger partial charge in [0.1, 0.15) is 0 Å². The molecule has 2 aromatic heterocycles. The molecule has 0 radical (unpaired) electrons. The number of piperidine rings is 1. The summed E-state index contributed by atoms with van der Waals surface area (Å²) in [4.78, 5) is 17.3. The lowest BCUT2D eigenvalue weighted by Gasteiger charge is -2.33. The first-order valence-electron chi connectivity index (χ1n) is 12.9. The molecular weight excluding hydrogens is 527 g/mol. The van der Waals surface area contributed by atoms with Gasteiger partial charge >= 0.3 is 12.1 Å². The quantitative estimate of drug-likeness (QED) is 0.307. The van der Waals surface area contributed by atoms with Crippen LogP contribution in [0.4, 0.5) is 13.2 Å². The minimum absolute atomic E-state index is 0.0649. The Bertz CT molecular complexity index is 1460. The Morgan fingerprint density at radius 3 is 2.55 bits per heavy atom. The van der Waals surface area contributed by atoms with Crippen molar-refractivity contribution in [1.82, 2.24) is 24.8 Å². The highest BCUT2D eigenvalue weighted by molar-refractivity contribution is 5.67. The third kappa shape index (κ3) is 6.07. The van der Waals surface area contributed by atoms with Crippen LogP contribution in [0.5, 0.6) is 0 Å². The van der Waals surface area contributed by atoms with Crippen LogP contribution < -0.4 is 0 Å². The number of aliphatic hydroxyl groups excluding tert-OH is 1. The topological polar surface area (TPSA) is 118 Å². The summed E-state index contributed by atoms with van der Waals surface area (Å²) in [5.74, 6) is -0.969. The van der Waals surface area contributed by atoms with Crippen molar-refractivity contribution in [2.24, 2.45) is 5.92 Å². The predicted molar refractivity (Wildman–Crippen MR) is 138 cm³/mol. The highest BCUT2D eigenvalue weighted by atomic mass is 19.4. The van der Waals surface area contributed by atoms with Gasteiger partial charge in [0, 0.05) is 25.1 Å². The number of aryl methyl sites for hydroxylation is 1. The van der Waals surface area contributed by atoms with Crippen LogP contribution in [-0.4, -0.2) is 60.6 Å². The van der Waals surface area contributed by atoms with E-state index in [4.69, 9.17) is 9.63 Å². The number of carboxylic acid groups (broad SMARTS) is 1. The van der Waals surface area contributed by atoms with Crippen molar-refractivity contribution in [3.8, 4) is 28.5 Å². The number of carbonyl (C=O) groups is 1. The van der Waals surface area contributed by atoms with Crippen molar-refractivity contribution in [2.75, 3.05) is 19.6 Å². The lowest BCUT2D eigenvalue weighted by atomic mass is 9.94. The van der Waals surface area contributed by atoms with Gasteiger partial charge in [-0.3, -0.25) is 4.79 Å². The van der Waals surface area contributed by atoms with Crippen molar-refractivity contribution in [3.05, 3.63) is 71.5 Å². The van der Waals surface area contributed by atoms with Crippen LogP contribution in [-0.2, 0) is 11.0 Å². The molecule has 2 atom stereocenters. The third-order valence-corrected chi connectivity index (χ3v) is 7.02. The fourth-order valence-corrected chi connectivity index (χ4v) is 5.04. The monoisotopic (exact) mass is 555 g/mol. The molecule has 5 rings (SSSR count). The fourth-order valence-electron chi connectivity index (χ4n) is 5.04. The number of likely N-dealkylation sites (tertiary alicyclic amines) is 1. The molecule has 9 nitrogen and oxygen atoms in total. The number of aromatic nitrogens is 4. The maximum absolute atomic E-state index is 14.1. The molecule has 210 valence electrons. The molecule has 0 saturated carbocycles. The zero-order valence-electron chi connectivity index (χ0n) is 21.7. The number of benzene rings is 2. The molecule has 40 heavy (non-hydrogen) atoms. The van der Waals surface area contributed by atoms with E-state index in [1.165, 1.54) is 0 Å². The summed E-state index contributed by atoms with van der Waals surface area (Å²) >= 11 is 0. The Labute approximate surface area is 227 Å². The smallest absolute Gasteiger partial charge is 0.434 e. The van der Waals surface area contributed by atoms with E-state index in [0.717, 1.165) is 35.8 Å². The highest BCUT2D eigenvalue weighted by Crippen LogP contribution is 2.38. The van der Waals surface area contributed by atoms with Crippen molar-refractivity contribution in [1.29, 1.82) is 0 Å². The number of hydrogen-bond donors (Lipinski definition) is 2. The van der Waals surface area contributed by atoms with Crippen molar-refractivity contribution in [2.45, 2.75) is 38.5 Å². The van der Waals surface area contributed by atoms with Crippen molar-refractivity contribution < 1.29 is 32.7 Å². The normalized spacial score (nSPS) is 17.2. The van der Waals surface area contributed by atoms with E-state index in [-0.39, 0.29) is 35.3 Å². The summed E-state index contributed by atoms with van der Waals surface area (Å²) in [5, 5.41) is 27.6. The lowest BCUT2D eigenvalue weighted by Crippen LogP contribution is -2.38. The van der Waals surface area contributed by atoms with Crippen LogP contribution in [0.3, 0.4) is 0 Å². The summed E-state index contributed by atoms with van der Waals surface area (Å²) < 4.78 is 48.3. The Hall–Kier alpha value is -4.03. The second kappa shape index (κ2) is 11.2. The van der Waals surface area contributed by atoms with E-state index in [1.807, 2.05) is 6.92 Å². The Balaban J connectivity index is 1.32. The molecule has 3 heterocycles. The van der Waals surface area contributed by atoms with Gasteiger partial charge in [-0.05, 0) is 49.9 Å². The van der Waals surface area contributed by atoms with Gasteiger partial charge in [0.2, 0.25) is 5.82 Å². The summed E-state index contributed by atoms with van der Waals surface area (Å²) in [5.41, 5.74) is 0.951. The van der Waals surface area contributed by atoms with Gasteiger partial charge in [0.15, 0.2) is 5.69 Å². The largest absolute Gasteiger partial charge is 0.481 e. The molecule has 1 fully saturated rings. The number of alkyl halides is 3. The van der Waals surface area contributed by atoms with E-state index in [1.54, 1.807) is 48.5 Å². The highest BCUT2D eigenvalue weighted by Gasteiger charge is 2.40. The number of nitrogens with zero attached hydrogens (tertiary/aromatic N) is 5. The number of aliphatic hydroxyl groups is 1. The number of halogens is 3. The van der Waals surface area contributed by atoms with Crippen LogP contribution >= 0.6 is 0 Å². The van der Waals surface area contributed by atoms with Gasteiger partial charge in [0.05, 0.1) is 23.6 Å². The van der Waals surface area contributed by atoms with Gasteiger partial charge in [0.25, 0.3) is 5.89 Å². The number of β-amino-alcohol motifs (C(OH)–C–C–N with tert-alkyl or cyclic N) is 1. The van der Waals surface area contributed by atoms with Gasteiger partial charge in [-0.15, -0.1) is 0 Å². The second-order valence-corrected chi connectivity index (χ2v) is 10.1. The van der Waals surface area contributed by atoms with E-state index >= 15 is 0 Å². The second-order valence-electron chi connectivity index (χ2n) is 10.1. The summed E-state index contributed by atoms with van der Waals surface area (Å²) in [7, 11) is 0. The average Bonchev–Trinajstić information content (AvgIpc) is 3.57. The number of carboxylic acids is 1. The Kier molecular flexibility index (Phi) is 7.72. The first kappa shape index (κ1) is 27.5. The minimum atomic E-state index is -4.73. The average molecular weight is 556 g/mol. The first-order chi connectivity index (χ1) is 19.1. The van der Waals surface area contributed by atoms with E-state index in [2.05, 4.69) is 20.1 Å². The summed E-state index contributed by atoms with van der Waals surface area (Å²) in [6.07, 6.45) is -2.61. The predicted octanol–water partition coefficient (Wildman–Crippen LogP) is 5.14. The molecular formula is C28H28F3N5O4. The molecule has 1 aliphatic heterocycles. The molecule has 2 N–H and O–H groups in total. The summed E-state index contributed by atoms with van der Waals surface area (Å²) in [6.45, 7) is 3.61. The van der Waals surface area contributed by atoms with Crippen LogP contribution in [0.1, 0.15) is 42.2 Å². The van der Waals surface area contributed by atoms with Crippen molar-refractivity contribution >= 4 is 5.97 Å². The van der Waals surface area contributed by atoms with Crippen LogP contribution in [0.2, 0.25) is 0 Å². The molecule has 2 aromatic carbocycles.